The second-order valence-electron chi connectivity index (χ2n) is 6.61. The second kappa shape index (κ2) is 8.41. The molecule has 0 bridgehead atoms. The van der Waals surface area contributed by atoms with Crippen LogP contribution in [0.4, 0.5) is 14.9 Å². The molecule has 0 aliphatic carbocycles. The van der Waals surface area contributed by atoms with E-state index in [4.69, 9.17) is 21.1 Å². The molecule has 7 heteroatoms. The summed E-state index contributed by atoms with van der Waals surface area (Å²) in [5.41, 5.74) is 2.29. The fourth-order valence-corrected chi connectivity index (χ4v) is 3.23. The molecule has 0 saturated carbocycles. The van der Waals surface area contributed by atoms with Crippen molar-refractivity contribution < 1.29 is 18.7 Å². The van der Waals surface area contributed by atoms with Crippen LogP contribution in [0.1, 0.15) is 11.1 Å². The monoisotopic (exact) mass is 412 g/mol. The van der Waals surface area contributed by atoms with E-state index in [1.807, 2.05) is 18.2 Å². The maximum Gasteiger partial charge on any atom is 0.322 e. The van der Waals surface area contributed by atoms with Gasteiger partial charge >= 0.3 is 6.03 Å². The van der Waals surface area contributed by atoms with Crippen LogP contribution < -0.4 is 14.8 Å². The summed E-state index contributed by atoms with van der Waals surface area (Å²) in [6.45, 7) is 0.828. The highest BCUT2D eigenvalue weighted by atomic mass is 35.5. The second-order valence-corrected chi connectivity index (χ2v) is 7.05. The van der Waals surface area contributed by atoms with Gasteiger partial charge in [-0.1, -0.05) is 35.9 Å². The largest absolute Gasteiger partial charge is 0.454 e. The van der Waals surface area contributed by atoms with E-state index >= 15 is 0 Å². The molecule has 1 aliphatic heterocycles. The Balaban J connectivity index is 1.55. The normalized spacial score (nSPS) is 11.9. The van der Waals surface area contributed by atoms with Crippen molar-refractivity contribution in [1.82, 2.24) is 4.90 Å². The first-order valence-corrected chi connectivity index (χ1v) is 9.39. The third kappa shape index (κ3) is 4.78. The zero-order valence-electron chi connectivity index (χ0n) is 15.4. The van der Waals surface area contributed by atoms with E-state index in [9.17, 15) is 9.18 Å². The molecule has 1 N–H and O–H groups in total. The van der Waals surface area contributed by atoms with Crippen molar-refractivity contribution in [1.29, 1.82) is 0 Å². The zero-order chi connectivity index (χ0) is 20.2. The zero-order valence-corrected chi connectivity index (χ0v) is 16.2. The standard InChI is InChI=1S/C22H18ClFN2O3/c23-17-2-1-3-19(11-17)25-22(27)26(12-15-4-7-18(24)8-5-15)13-16-6-9-20-21(10-16)29-14-28-20/h1-11H,12-14H2,(H,25,27). The maximum atomic E-state index is 13.3. The van der Waals surface area contributed by atoms with Gasteiger partial charge in [0.15, 0.2) is 11.5 Å². The number of fused-ring (bicyclic) bond motifs is 1. The molecule has 148 valence electrons. The number of anilines is 1. The van der Waals surface area contributed by atoms with Crippen molar-refractivity contribution in [2.24, 2.45) is 0 Å². The number of rotatable bonds is 5. The Labute approximate surface area is 172 Å². The summed E-state index contributed by atoms with van der Waals surface area (Å²) < 4.78 is 24.0. The quantitative estimate of drug-likeness (QED) is 0.607. The van der Waals surface area contributed by atoms with Crippen LogP contribution in [-0.4, -0.2) is 17.7 Å². The molecule has 2 amide bonds. The molecule has 0 saturated heterocycles. The van der Waals surface area contributed by atoms with Crippen LogP contribution in [0.3, 0.4) is 0 Å². The molecule has 0 aromatic heterocycles. The number of nitrogens with zero attached hydrogens (tertiary/aromatic N) is 1. The van der Waals surface area contributed by atoms with Crippen LogP contribution in [0.25, 0.3) is 0 Å². The molecule has 0 radical (unpaired) electrons. The van der Waals surface area contributed by atoms with Gasteiger partial charge in [-0.05, 0) is 53.6 Å². The fraction of sp³-hybridized carbons (Fsp3) is 0.136. The minimum atomic E-state index is -0.320. The van der Waals surface area contributed by atoms with Gasteiger partial charge < -0.3 is 19.7 Å². The number of urea groups is 1. The summed E-state index contributed by atoms with van der Waals surface area (Å²) >= 11 is 6.01. The Morgan fingerprint density at radius 3 is 2.48 bits per heavy atom. The summed E-state index contributed by atoms with van der Waals surface area (Å²) in [5.74, 6) is 1.01. The van der Waals surface area contributed by atoms with Crippen LogP contribution in [-0.2, 0) is 13.1 Å². The molecular weight excluding hydrogens is 395 g/mol. The van der Waals surface area contributed by atoms with Gasteiger partial charge in [0.1, 0.15) is 5.82 Å². The van der Waals surface area contributed by atoms with Crippen LogP contribution in [0.5, 0.6) is 11.5 Å². The topological polar surface area (TPSA) is 50.8 Å². The van der Waals surface area contributed by atoms with Gasteiger partial charge in [-0.3, -0.25) is 0 Å². The summed E-state index contributed by atoms with van der Waals surface area (Å²) in [6.07, 6.45) is 0. The third-order valence-electron chi connectivity index (χ3n) is 4.46. The lowest BCUT2D eigenvalue weighted by Gasteiger charge is -2.24. The third-order valence-corrected chi connectivity index (χ3v) is 4.70. The van der Waals surface area contributed by atoms with Crippen molar-refractivity contribution in [3.8, 4) is 11.5 Å². The molecule has 3 aromatic carbocycles. The first kappa shape index (κ1) is 19.1. The van der Waals surface area contributed by atoms with Crippen LogP contribution in [0.15, 0.2) is 66.7 Å². The van der Waals surface area contributed by atoms with E-state index in [0.717, 1.165) is 11.1 Å². The van der Waals surface area contributed by atoms with Crippen LogP contribution >= 0.6 is 11.6 Å². The Bertz CT molecular complexity index is 1030. The predicted molar refractivity (Wildman–Crippen MR) is 109 cm³/mol. The van der Waals surface area contributed by atoms with Gasteiger partial charge in [-0.25, -0.2) is 9.18 Å². The van der Waals surface area contributed by atoms with E-state index in [1.54, 1.807) is 41.3 Å². The Kier molecular flexibility index (Phi) is 5.53. The average molecular weight is 413 g/mol. The van der Waals surface area contributed by atoms with Crippen molar-refractivity contribution in [2.75, 3.05) is 12.1 Å². The van der Waals surface area contributed by atoms with Gasteiger partial charge in [0.05, 0.1) is 0 Å². The Morgan fingerprint density at radius 1 is 0.966 bits per heavy atom. The van der Waals surface area contributed by atoms with E-state index in [1.165, 1.54) is 12.1 Å². The van der Waals surface area contributed by atoms with Gasteiger partial charge in [0.25, 0.3) is 0 Å². The molecule has 0 spiro atoms. The molecule has 0 atom stereocenters. The van der Waals surface area contributed by atoms with Gasteiger partial charge in [0, 0.05) is 23.8 Å². The van der Waals surface area contributed by atoms with Gasteiger partial charge in [-0.15, -0.1) is 0 Å². The molecule has 4 rings (SSSR count). The summed E-state index contributed by atoms with van der Waals surface area (Å²) in [7, 11) is 0. The number of hydrogen-bond acceptors (Lipinski definition) is 3. The number of carbonyl (C=O) groups is 1. The van der Waals surface area contributed by atoms with E-state index < -0.39 is 0 Å². The Hall–Kier alpha value is -3.25. The predicted octanol–water partition coefficient (Wildman–Crippen LogP) is 5.44. The van der Waals surface area contributed by atoms with E-state index in [0.29, 0.717) is 35.3 Å². The SMILES string of the molecule is O=C(Nc1cccc(Cl)c1)N(Cc1ccc(F)cc1)Cc1ccc2c(c1)OCO2. The molecule has 1 heterocycles. The van der Waals surface area contributed by atoms with Gasteiger partial charge in [-0.2, -0.15) is 0 Å². The lowest BCUT2D eigenvalue weighted by atomic mass is 10.1. The first-order chi connectivity index (χ1) is 14.1. The minimum Gasteiger partial charge on any atom is -0.454 e. The van der Waals surface area contributed by atoms with E-state index in [-0.39, 0.29) is 18.6 Å². The molecule has 1 aliphatic rings. The number of nitrogens with one attached hydrogen (secondary N) is 1. The summed E-state index contributed by atoms with van der Waals surface area (Å²) in [6, 6.07) is 18.3. The number of halogens is 2. The van der Waals surface area contributed by atoms with Crippen molar-refractivity contribution >= 4 is 23.3 Å². The molecule has 29 heavy (non-hydrogen) atoms. The molecular formula is C22H18ClFN2O3. The van der Waals surface area contributed by atoms with Crippen LogP contribution in [0, 0.1) is 5.82 Å². The molecule has 0 unspecified atom stereocenters. The smallest absolute Gasteiger partial charge is 0.322 e. The van der Waals surface area contributed by atoms with Crippen molar-refractivity contribution in [3.63, 3.8) is 0 Å². The number of benzene rings is 3. The highest BCUT2D eigenvalue weighted by Crippen LogP contribution is 2.33. The summed E-state index contributed by atoms with van der Waals surface area (Å²) in [5, 5.41) is 3.39. The summed E-state index contributed by atoms with van der Waals surface area (Å²) in [4.78, 5) is 14.6. The lowest BCUT2D eigenvalue weighted by molar-refractivity contribution is 0.174. The highest BCUT2D eigenvalue weighted by Gasteiger charge is 2.18. The minimum absolute atomic E-state index is 0.188. The number of amides is 2. The number of hydrogen-bond donors (Lipinski definition) is 1. The Morgan fingerprint density at radius 2 is 1.69 bits per heavy atom. The van der Waals surface area contributed by atoms with Crippen molar-refractivity contribution in [3.05, 3.63) is 88.7 Å². The first-order valence-electron chi connectivity index (χ1n) is 9.01. The molecule has 5 nitrogen and oxygen atoms in total. The number of ether oxygens (including phenoxy) is 2. The van der Waals surface area contributed by atoms with Crippen molar-refractivity contribution in [2.45, 2.75) is 13.1 Å². The van der Waals surface area contributed by atoms with E-state index in [2.05, 4.69) is 5.32 Å². The molecule has 3 aromatic rings. The van der Waals surface area contributed by atoms with Crippen LogP contribution in [0.2, 0.25) is 5.02 Å². The fourth-order valence-electron chi connectivity index (χ4n) is 3.04. The average Bonchev–Trinajstić information content (AvgIpc) is 3.17. The molecule has 0 fully saturated rings. The lowest BCUT2D eigenvalue weighted by Crippen LogP contribution is -2.34. The van der Waals surface area contributed by atoms with Gasteiger partial charge in [0.2, 0.25) is 6.79 Å². The highest BCUT2D eigenvalue weighted by molar-refractivity contribution is 6.30. The number of carbonyl (C=O) groups excluding carboxylic acids is 1. The maximum absolute atomic E-state index is 13.3.